The standard InChI is InChI=1S/C8H12O/c1-3-4-7-5-8(7,2)6-9/h7,9H,5-6H2,1-2H3. The first-order chi connectivity index (χ1) is 4.23. The number of aliphatic hydroxyl groups is 1. The zero-order valence-corrected chi connectivity index (χ0v) is 5.94. The molecule has 1 aliphatic carbocycles. The van der Waals surface area contributed by atoms with Crippen LogP contribution in [0.25, 0.3) is 0 Å². The van der Waals surface area contributed by atoms with Crippen LogP contribution >= 0.6 is 0 Å². The zero-order chi connectivity index (χ0) is 6.91. The van der Waals surface area contributed by atoms with Crippen LogP contribution in [0.15, 0.2) is 0 Å². The predicted molar refractivity (Wildman–Crippen MR) is 36.7 cm³/mol. The second-order valence-corrected chi connectivity index (χ2v) is 2.96. The molecule has 0 aromatic carbocycles. The van der Waals surface area contributed by atoms with Crippen molar-refractivity contribution >= 4 is 0 Å². The summed E-state index contributed by atoms with van der Waals surface area (Å²) >= 11 is 0. The molecule has 9 heavy (non-hydrogen) atoms. The minimum absolute atomic E-state index is 0.142. The summed E-state index contributed by atoms with van der Waals surface area (Å²) in [5, 5.41) is 8.79. The first-order valence-electron chi connectivity index (χ1n) is 3.26. The summed E-state index contributed by atoms with van der Waals surface area (Å²) in [4.78, 5) is 0. The zero-order valence-electron chi connectivity index (χ0n) is 5.94. The summed E-state index contributed by atoms with van der Waals surface area (Å²) < 4.78 is 0. The van der Waals surface area contributed by atoms with Gasteiger partial charge in [0.2, 0.25) is 0 Å². The van der Waals surface area contributed by atoms with Crippen molar-refractivity contribution in [1.82, 2.24) is 0 Å². The molecular weight excluding hydrogens is 112 g/mol. The minimum Gasteiger partial charge on any atom is -0.396 e. The van der Waals surface area contributed by atoms with Crippen molar-refractivity contribution in [3.63, 3.8) is 0 Å². The number of rotatable bonds is 1. The highest BCUT2D eigenvalue weighted by molar-refractivity contribution is 5.17. The topological polar surface area (TPSA) is 20.2 Å². The molecule has 1 heteroatoms. The predicted octanol–water partition coefficient (Wildman–Crippen LogP) is 1.03. The Kier molecular flexibility index (Phi) is 1.50. The molecule has 0 bridgehead atoms. The molecular formula is C8H12O. The van der Waals surface area contributed by atoms with Crippen LogP contribution in [0.1, 0.15) is 20.3 Å². The van der Waals surface area contributed by atoms with E-state index in [4.69, 9.17) is 5.11 Å². The highest BCUT2D eigenvalue weighted by atomic mass is 16.3. The average molecular weight is 124 g/mol. The Morgan fingerprint density at radius 2 is 2.44 bits per heavy atom. The van der Waals surface area contributed by atoms with Crippen LogP contribution in [0.4, 0.5) is 0 Å². The van der Waals surface area contributed by atoms with Gasteiger partial charge in [-0.2, -0.15) is 0 Å². The molecule has 2 atom stereocenters. The van der Waals surface area contributed by atoms with Gasteiger partial charge < -0.3 is 5.11 Å². The van der Waals surface area contributed by atoms with Crippen LogP contribution in [-0.4, -0.2) is 11.7 Å². The maximum Gasteiger partial charge on any atom is 0.0497 e. The number of hydrogen-bond acceptors (Lipinski definition) is 1. The van der Waals surface area contributed by atoms with E-state index >= 15 is 0 Å². The van der Waals surface area contributed by atoms with Crippen LogP contribution in [-0.2, 0) is 0 Å². The lowest BCUT2D eigenvalue weighted by molar-refractivity contribution is 0.218. The fraction of sp³-hybridized carbons (Fsp3) is 0.750. The Bertz CT molecular complexity index is 163. The molecule has 0 saturated heterocycles. The molecule has 2 unspecified atom stereocenters. The van der Waals surface area contributed by atoms with Crippen LogP contribution in [0.5, 0.6) is 0 Å². The molecule has 0 aromatic heterocycles. The summed E-state index contributed by atoms with van der Waals surface area (Å²) in [6, 6.07) is 0. The van der Waals surface area contributed by atoms with E-state index < -0.39 is 0 Å². The highest BCUT2D eigenvalue weighted by Crippen LogP contribution is 2.50. The smallest absolute Gasteiger partial charge is 0.0497 e. The van der Waals surface area contributed by atoms with E-state index in [-0.39, 0.29) is 12.0 Å². The highest BCUT2D eigenvalue weighted by Gasteiger charge is 2.48. The van der Waals surface area contributed by atoms with Crippen molar-refractivity contribution in [3.05, 3.63) is 0 Å². The molecule has 50 valence electrons. The van der Waals surface area contributed by atoms with Gasteiger partial charge >= 0.3 is 0 Å². The summed E-state index contributed by atoms with van der Waals surface area (Å²) in [5.74, 6) is 6.37. The first kappa shape index (κ1) is 6.64. The molecule has 0 aliphatic heterocycles. The van der Waals surface area contributed by atoms with Crippen LogP contribution in [0.2, 0.25) is 0 Å². The van der Waals surface area contributed by atoms with Crippen molar-refractivity contribution in [2.75, 3.05) is 6.61 Å². The molecule has 1 N–H and O–H groups in total. The number of hydrogen-bond donors (Lipinski definition) is 1. The van der Waals surface area contributed by atoms with Gasteiger partial charge in [-0.1, -0.05) is 12.8 Å². The van der Waals surface area contributed by atoms with Gasteiger partial charge in [0, 0.05) is 17.9 Å². The quantitative estimate of drug-likeness (QED) is 0.517. The van der Waals surface area contributed by atoms with Crippen molar-refractivity contribution in [1.29, 1.82) is 0 Å². The van der Waals surface area contributed by atoms with E-state index in [1.807, 2.05) is 6.92 Å². The van der Waals surface area contributed by atoms with E-state index in [1.54, 1.807) is 0 Å². The SMILES string of the molecule is CC#CC1CC1(C)CO. The van der Waals surface area contributed by atoms with Crippen LogP contribution < -0.4 is 0 Å². The third-order valence-corrected chi connectivity index (χ3v) is 2.03. The van der Waals surface area contributed by atoms with Crippen molar-refractivity contribution in [2.24, 2.45) is 11.3 Å². The van der Waals surface area contributed by atoms with Crippen LogP contribution in [0, 0.1) is 23.2 Å². The van der Waals surface area contributed by atoms with Gasteiger partial charge in [0.25, 0.3) is 0 Å². The van der Waals surface area contributed by atoms with Gasteiger partial charge in [0.15, 0.2) is 0 Å². The third-order valence-electron chi connectivity index (χ3n) is 2.03. The molecule has 1 rings (SSSR count). The summed E-state index contributed by atoms with van der Waals surface area (Å²) in [7, 11) is 0. The van der Waals surface area contributed by atoms with E-state index in [9.17, 15) is 0 Å². The molecule has 1 fully saturated rings. The van der Waals surface area contributed by atoms with Crippen molar-refractivity contribution in [2.45, 2.75) is 20.3 Å². The molecule has 0 amide bonds. The van der Waals surface area contributed by atoms with Gasteiger partial charge in [0.05, 0.1) is 0 Å². The van der Waals surface area contributed by atoms with Gasteiger partial charge in [0.1, 0.15) is 0 Å². The molecule has 0 aromatic rings. The Hall–Kier alpha value is -0.480. The van der Waals surface area contributed by atoms with Crippen molar-refractivity contribution < 1.29 is 5.11 Å². The second kappa shape index (κ2) is 2.04. The maximum atomic E-state index is 8.79. The van der Waals surface area contributed by atoms with Gasteiger partial charge in [-0.3, -0.25) is 0 Å². The van der Waals surface area contributed by atoms with Crippen molar-refractivity contribution in [3.8, 4) is 11.8 Å². The maximum absolute atomic E-state index is 8.79. The third kappa shape index (κ3) is 1.09. The second-order valence-electron chi connectivity index (χ2n) is 2.96. The lowest BCUT2D eigenvalue weighted by Crippen LogP contribution is -2.02. The molecule has 0 heterocycles. The van der Waals surface area contributed by atoms with Gasteiger partial charge in [-0.25, -0.2) is 0 Å². The largest absolute Gasteiger partial charge is 0.396 e. The lowest BCUT2D eigenvalue weighted by atomic mass is 10.1. The molecule has 0 spiro atoms. The van der Waals surface area contributed by atoms with E-state index in [0.29, 0.717) is 5.92 Å². The summed E-state index contributed by atoms with van der Waals surface area (Å²) in [6.07, 6.45) is 1.07. The van der Waals surface area contributed by atoms with E-state index in [1.165, 1.54) is 0 Å². The van der Waals surface area contributed by atoms with Gasteiger partial charge in [-0.15, -0.1) is 5.92 Å². The molecule has 1 aliphatic rings. The van der Waals surface area contributed by atoms with E-state index in [0.717, 1.165) is 6.42 Å². The summed E-state index contributed by atoms with van der Waals surface area (Å²) in [5.41, 5.74) is 0.142. The normalized spacial score (nSPS) is 39.2. The molecule has 1 nitrogen and oxygen atoms in total. The minimum atomic E-state index is 0.142. The monoisotopic (exact) mass is 124 g/mol. The Morgan fingerprint density at radius 1 is 1.78 bits per heavy atom. The number of aliphatic hydroxyl groups excluding tert-OH is 1. The lowest BCUT2D eigenvalue weighted by Gasteiger charge is -1.99. The Balaban J connectivity index is 2.45. The summed E-state index contributed by atoms with van der Waals surface area (Å²) in [6.45, 7) is 4.20. The average Bonchev–Trinajstić information content (AvgIpc) is 2.46. The fourth-order valence-corrected chi connectivity index (χ4v) is 0.982. The molecule has 1 saturated carbocycles. The first-order valence-corrected chi connectivity index (χ1v) is 3.26. The van der Waals surface area contributed by atoms with Crippen LogP contribution in [0.3, 0.4) is 0 Å². The molecule has 0 radical (unpaired) electrons. The van der Waals surface area contributed by atoms with Gasteiger partial charge in [-0.05, 0) is 13.3 Å². The Morgan fingerprint density at radius 3 is 2.78 bits per heavy atom. The fourth-order valence-electron chi connectivity index (χ4n) is 0.982. The van der Waals surface area contributed by atoms with E-state index in [2.05, 4.69) is 18.8 Å². The Labute approximate surface area is 56.1 Å².